The van der Waals surface area contributed by atoms with Crippen LogP contribution in [0.4, 0.5) is 0 Å². The van der Waals surface area contributed by atoms with Gasteiger partial charge in [0.05, 0.1) is 0 Å². The van der Waals surface area contributed by atoms with Gasteiger partial charge in [0.2, 0.25) is 0 Å². The summed E-state index contributed by atoms with van der Waals surface area (Å²) in [6, 6.07) is 0. The van der Waals surface area contributed by atoms with Crippen LogP contribution in [0.25, 0.3) is 0 Å². The van der Waals surface area contributed by atoms with Crippen LogP contribution in [0.1, 0.15) is 77.6 Å². The molecule has 1 saturated carbocycles. The third kappa shape index (κ3) is 5.34. The molecule has 96 valence electrons. The second kappa shape index (κ2) is 9.04. The molecule has 1 fully saturated rings. The minimum absolute atomic E-state index is 0.841. The van der Waals surface area contributed by atoms with E-state index in [1.54, 1.807) is 0 Å². The molecule has 1 rings (SSSR count). The summed E-state index contributed by atoms with van der Waals surface area (Å²) in [6.07, 6.45) is 15.7. The molecule has 16 heavy (non-hydrogen) atoms. The van der Waals surface area contributed by atoms with Crippen LogP contribution in [0.2, 0.25) is 0 Å². The van der Waals surface area contributed by atoms with E-state index < -0.39 is 0 Å². The number of nitrogens with two attached hydrogens (primary N) is 1. The first-order valence-corrected chi connectivity index (χ1v) is 7.58. The molecule has 0 aromatic carbocycles. The highest BCUT2D eigenvalue weighted by molar-refractivity contribution is 4.74. The standard InChI is InChI=1S/C15H31N/c1-2-3-4-5-7-10-14-11-8-6-9-12-15(14)13-16/h14-15H,2-13,16H2,1H3. The van der Waals surface area contributed by atoms with E-state index in [0.29, 0.717) is 0 Å². The first-order valence-electron chi connectivity index (χ1n) is 7.58. The SMILES string of the molecule is CCCCCCCC1CCCCCC1CN. The summed E-state index contributed by atoms with van der Waals surface area (Å²) in [4.78, 5) is 0. The van der Waals surface area contributed by atoms with Crippen molar-refractivity contribution in [3.05, 3.63) is 0 Å². The van der Waals surface area contributed by atoms with Crippen LogP contribution >= 0.6 is 0 Å². The minimum Gasteiger partial charge on any atom is -0.330 e. The van der Waals surface area contributed by atoms with Crippen molar-refractivity contribution in [2.24, 2.45) is 17.6 Å². The average Bonchev–Trinajstić information content (AvgIpc) is 2.53. The van der Waals surface area contributed by atoms with Gasteiger partial charge in [-0.15, -0.1) is 0 Å². The third-order valence-electron chi connectivity index (χ3n) is 4.30. The van der Waals surface area contributed by atoms with Crippen LogP contribution in [0.5, 0.6) is 0 Å². The Morgan fingerprint density at radius 2 is 1.56 bits per heavy atom. The fraction of sp³-hybridized carbons (Fsp3) is 1.00. The Bertz CT molecular complexity index is 156. The molecule has 0 radical (unpaired) electrons. The number of unbranched alkanes of at least 4 members (excludes halogenated alkanes) is 4. The van der Waals surface area contributed by atoms with E-state index in [0.717, 1.165) is 18.4 Å². The van der Waals surface area contributed by atoms with Crippen molar-refractivity contribution >= 4 is 0 Å². The van der Waals surface area contributed by atoms with Gasteiger partial charge in [-0.25, -0.2) is 0 Å². The highest BCUT2D eigenvalue weighted by Crippen LogP contribution is 2.31. The van der Waals surface area contributed by atoms with Gasteiger partial charge in [0.15, 0.2) is 0 Å². The monoisotopic (exact) mass is 225 g/mol. The molecule has 0 spiro atoms. The lowest BCUT2D eigenvalue weighted by molar-refractivity contribution is 0.292. The maximum atomic E-state index is 5.92. The van der Waals surface area contributed by atoms with Gasteiger partial charge >= 0.3 is 0 Å². The van der Waals surface area contributed by atoms with Crippen LogP contribution in [-0.2, 0) is 0 Å². The molecule has 0 saturated heterocycles. The zero-order chi connectivity index (χ0) is 11.6. The van der Waals surface area contributed by atoms with Crippen LogP contribution in [0.3, 0.4) is 0 Å². The minimum atomic E-state index is 0.841. The van der Waals surface area contributed by atoms with Gasteiger partial charge in [0.1, 0.15) is 0 Å². The van der Waals surface area contributed by atoms with E-state index in [1.807, 2.05) is 0 Å². The topological polar surface area (TPSA) is 26.0 Å². The predicted molar refractivity (Wildman–Crippen MR) is 72.5 cm³/mol. The zero-order valence-corrected chi connectivity index (χ0v) is 11.2. The van der Waals surface area contributed by atoms with Crippen molar-refractivity contribution in [2.45, 2.75) is 77.6 Å². The Hall–Kier alpha value is -0.0400. The Morgan fingerprint density at radius 3 is 2.25 bits per heavy atom. The lowest BCUT2D eigenvalue weighted by Gasteiger charge is -2.23. The zero-order valence-electron chi connectivity index (χ0n) is 11.2. The second-order valence-corrected chi connectivity index (χ2v) is 5.60. The van der Waals surface area contributed by atoms with Crippen molar-refractivity contribution in [2.75, 3.05) is 6.54 Å². The van der Waals surface area contributed by atoms with Gasteiger partial charge in [-0.3, -0.25) is 0 Å². The molecule has 0 aromatic heterocycles. The molecule has 2 atom stereocenters. The lowest BCUT2D eigenvalue weighted by Crippen LogP contribution is -2.22. The molecule has 0 heterocycles. The molecular weight excluding hydrogens is 194 g/mol. The molecule has 1 aliphatic rings. The summed E-state index contributed by atoms with van der Waals surface area (Å²) in [7, 11) is 0. The quantitative estimate of drug-likeness (QED) is 0.501. The van der Waals surface area contributed by atoms with Crippen molar-refractivity contribution in [3.8, 4) is 0 Å². The van der Waals surface area contributed by atoms with Gasteiger partial charge in [-0.1, -0.05) is 71.1 Å². The van der Waals surface area contributed by atoms with Gasteiger partial charge in [-0.2, -0.15) is 0 Å². The highest BCUT2D eigenvalue weighted by atomic mass is 14.6. The van der Waals surface area contributed by atoms with E-state index in [-0.39, 0.29) is 0 Å². The van der Waals surface area contributed by atoms with Crippen LogP contribution in [-0.4, -0.2) is 6.54 Å². The van der Waals surface area contributed by atoms with Crippen LogP contribution < -0.4 is 5.73 Å². The largest absolute Gasteiger partial charge is 0.330 e. The van der Waals surface area contributed by atoms with Gasteiger partial charge < -0.3 is 5.73 Å². The predicted octanol–water partition coefficient (Wildman–Crippen LogP) is 4.50. The highest BCUT2D eigenvalue weighted by Gasteiger charge is 2.21. The van der Waals surface area contributed by atoms with Crippen LogP contribution in [0.15, 0.2) is 0 Å². The fourth-order valence-electron chi connectivity index (χ4n) is 3.16. The van der Waals surface area contributed by atoms with Crippen molar-refractivity contribution < 1.29 is 0 Å². The first-order chi connectivity index (χ1) is 7.88. The fourth-order valence-corrected chi connectivity index (χ4v) is 3.16. The molecule has 1 heteroatoms. The van der Waals surface area contributed by atoms with E-state index in [2.05, 4.69) is 6.92 Å². The summed E-state index contributed by atoms with van der Waals surface area (Å²) >= 11 is 0. The maximum absolute atomic E-state index is 5.92. The van der Waals surface area contributed by atoms with Crippen molar-refractivity contribution in [3.63, 3.8) is 0 Å². The summed E-state index contributed by atoms with van der Waals surface area (Å²) in [5, 5.41) is 0. The molecule has 2 unspecified atom stereocenters. The van der Waals surface area contributed by atoms with Crippen molar-refractivity contribution in [1.29, 1.82) is 0 Å². The Kier molecular flexibility index (Phi) is 7.92. The van der Waals surface area contributed by atoms with Gasteiger partial charge in [0, 0.05) is 0 Å². The third-order valence-corrected chi connectivity index (χ3v) is 4.30. The second-order valence-electron chi connectivity index (χ2n) is 5.60. The Balaban J connectivity index is 2.15. The molecule has 0 amide bonds. The molecule has 1 aliphatic carbocycles. The summed E-state index contributed by atoms with van der Waals surface area (Å²) in [6.45, 7) is 3.22. The number of rotatable bonds is 7. The molecular formula is C15H31N. The van der Waals surface area contributed by atoms with Crippen LogP contribution in [0, 0.1) is 11.8 Å². The molecule has 2 N–H and O–H groups in total. The molecule has 0 aromatic rings. The number of hydrogen-bond acceptors (Lipinski definition) is 1. The molecule has 1 nitrogen and oxygen atoms in total. The van der Waals surface area contributed by atoms with E-state index in [4.69, 9.17) is 5.73 Å². The first kappa shape index (κ1) is 14.0. The Morgan fingerprint density at radius 1 is 0.875 bits per heavy atom. The summed E-state index contributed by atoms with van der Waals surface area (Å²) < 4.78 is 0. The average molecular weight is 225 g/mol. The summed E-state index contributed by atoms with van der Waals surface area (Å²) in [5.41, 5.74) is 5.92. The maximum Gasteiger partial charge on any atom is -0.00462 e. The smallest absolute Gasteiger partial charge is 0.00462 e. The Labute approximate surface area is 102 Å². The van der Waals surface area contributed by atoms with Crippen molar-refractivity contribution in [1.82, 2.24) is 0 Å². The van der Waals surface area contributed by atoms with Gasteiger partial charge in [0.25, 0.3) is 0 Å². The lowest BCUT2D eigenvalue weighted by atomic mass is 9.84. The van der Waals surface area contributed by atoms with E-state index >= 15 is 0 Å². The number of hydrogen-bond donors (Lipinski definition) is 1. The molecule has 0 bridgehead atoms. The summed E-state index contributed by atoms with van der Waals surface area (Å²) in [5.74, 6) is 1.79. The molecule has 0 aliphatic heterocycles. The normalized spacial score (nSPS) is 26.6. The van der Waals surface area contributed by atoms with Gasteiger partial charge in [-0.05, 0) is 24.8 Å². The van der Waals surface area contributed by atoms with E-state index in [1.165, 1.54) is 70.6 Å². The van der Waals surface area contributed by atoms with E-state index in [9.17, 15) is 0 Å².